The average molecular weight is 457 g/mol. The fourth-order valence-electron chi connectivity index (χ4n) is 1.71. The lowest BCUT2D eigenvalue weighted by molar-refractivity contribution is -0.141. The van der Waals surface area contributed by atoms with Gasteiger partial charge in [0.2, 0.25) is 5.95 Å². The molecule has 0 saturated heterocycles. The predicted molar refractivity (Wildman–Crippen MR) is 93.2 cm³/mol. The Balaban J connectivity index is 2.40. The molecule has 0 amide bonds. The molecule has 1 aromatic carbocycles. The van der Waals surface area contributed by atoms with Crippen LogP contribution in [-0.4, -0.2) is 16.0 Å². The lowest BCUT2D eigenvalue weighted by Gasteiger charge is -2.14. The van der Waals surface area contributed by atoms with E-state index in [1.807, 2.05) is 0 Å². The Hall–Kier alpha value is -1.29. The minimum atomic E-state index is -4.57. The minimum absolute atomic E-state index is 0.0126. The van der Waals surface area contributed by atoms with E-state index in [9.17, 15) is 13.2 Å². The molecule has 0 radical (unpaired) electrons. The normalized spacial score (nSPS) is 11.7. The molecule has 1 aromatic heterocycles. The fraction of sp³-hybridized carbons (Fsp3) is 0.286. The van der Waals surface area contributed by atoms with Gasteiger partial charge in [-0.1, -0.05) is 11.6 Å². The third-order valence-electron chi connectivity index (χ3n) is 2.63. The SMILES string of the molecule is CC(C)Nc1nc(Nc2ccc(I)cc2Cl)cc(C(F)(F)F)n1. The summed E-state index contributed by atoms with van der Waals surface area (Å²) in [6, 6.07) is 5.90. The number of anilines is 3. The molecule has 0 spiro atoms. The van der Waals surface area contributed by atoms with Crippen LogP contribution in [-0.2, 0) is 6.18 Å². The highest BCUT2D eigenvalue weighted by molar-refractivity contribution is 14.1. The van der Waals surface area contributed by atoms with E-state index in [1.54, 1.807) is 32.0 Å². The Morgan fingerprint density at radius 2 is 1.87 bits per heavy atom. The number of nitrogens with one attached hydrogen (secondary N) is 2. The highest BCUT2D eigenvalue weighted by atomic mass is 127. The molecule has 1 heterocycles. The number of hydrogen-bond donors (Lipinski definition) is 2. The molecule has 0 atom stereocenters. The second kappa shape index (κ2) is 7.08. The van der Waals surface area contributed by atoms with E-state index >= 15 is 0 Å². The van der Waals surface area contributed by atoms with Gasteiger partial charge in [0.1, 0.15) is 5.82 Å². The molecule has 23 heavy (non-hydrogen) atoms. The summed E-state index contributed by atoms with van der Waals surface area (Å²) in [5.41, 5.74) is -0.561. The summed E-state index contributed by atoms with van der Waals surface area (Å²) in [4.78, 5) is 7.55. The van der Waals surface area contributed by atoms with Crippen molar-refractivity contribution in [3.8, 4) is 0 Å². The molecule has 0 unspecified atom stereocenters. The van der Waals surface area contributed by atoms with Gasteiger partial charge in [0.25, 0.3) is 0 Å². The second-order valence-corrected chi connectivity index (χ2v) is 6.66. The van der Waals surface area contributed by atoms with Crippen LogP contribution in [0.1, 0.15) is 19.5 Å². The van der Waals surface area contributed by atoms with Crippen molar-refractivity contribution in [2.24, 2.45) is 0 Å². The highest BCUT2D eigenvalue weighted by Crippen LogP contribution is 2.32. The Labute approximate surface area is 150 Å². The molecule has 0 aliphatic rings. The maximum atomic E-state index is 13.0. The summed E-state index contributed by atoms with van der Waals surface area (Å²) in [5.74, 6) is -0.0856. The predicted octanol–water partition coefficient (Wildman–Crippen LogP) is 5.32. The van der Waals surface area contributed by atoms with Crippen molar-refractivity contribution in [2.45, 2.75) is 26.1 Å². The van der Waals surface area contributed by atoms with Gasteiger partial charge in [-0.15, -0.1) is 0 Å². The first-order valence-corrected chi connectivity index (χ1v) is 8.05. The van der Waals surface area contributed by atoms with Crippen LogP contribution in [0, 0.1) is 3.57 Å². The van der Waals surface area contributed by atoms with Gasteiger partial charge < -0.3 is 10.6 Å². The van der Waals surface area contributed by atoms with Gasteiger partial charge in [-0.3, -0.25) is 0 Å². The van der Waals surface area contributed by atoms with Crippen molar-refractivity contribution in [1.29, 1.82) is 0 Å². The third kappa shape index (κ3) is 5.10. The molecule has 0 fully saturated rings. The van der Waals surface area contributed by atoms with E-state index in [4.69, 9.17) is 11.6 Å². The smallest absolute Gasteiger partial charge is 0.352 e. The summed E-state index contributed by atoms with van der Waals surface area (Å²) in [6.45, 7) is 3.57. The molecule has 4 nitrogen and oxygen atoms in total. The van der Waals surface area contributed by atoms with Crippen molar-refractivity contribution in [2.75, 3.05) is 10.6 Å². The van der Waals surface area contributed by atoms with E-state index in [0.29, 0.717) is 10.7 Å². The third-order valence-corrected chi connectivity index (χ3v) is 3.61. The van der Waals surface area contributed by atoms with Gasteiger partial charge in [-0.2, -0.15) is 18.2 Å². The van der Waals surface area contributed by atoms with Gasteiger partial charge >= 0.3 is 6.18 Å². The van der Waals surface area contributed by atoms with E-state index in [1.165, 1.54) is 0 Å². The molecule has 2 N–H and O–H groups in total. The van der Waals surface area contributed by atoms with Crippen molar-refractivity contribution < 1.29 is 13.2 Å². The molecule has 0 aliphatic heterocycles. The number of aromatic nitrogens is 2. The van der Waals surface area contributed by atoms with Crippen molar-refractivity contribution in [1.82, 2.24) is 9.97 Å². The minimum Gasteiger partial charge on any atom is -0.352 e. The fourth-order valence-corrected chi connectivity index (χ4v) is 2.61. The van der Waals surface area contributed by atoms with E-state index in [0.717, 1.165) is 9.64 Å². The first-order chi connectivity index (χ1) is 10.6. The van der Waals surface area contributed by atoms with Gasteiger partial charge in [0.05, 0.1) is 10.7 Å². The molecule has 0 bridgehead atoms. The van der Waals surface area contributed by atoms with Gasteiger partial charge in [0.15, 0.2) is 5.69 Å². The quantitative estimate of drug-likeness (QED) is 0.612. The Morgan fingerprint density at radius 1 is 1.17 bits per heavy atom. The molecule has 2 aromatic rings. The van der Waals surface area contributed by atoms with Crippen LogP contribution in [0.15, 0.2) is 24.3 Å². The Bertz CT molecular complexity index is 707. The van der Waals surface area contributed by atoms with Crippen molar-refractivity contribution in [3.63, 3.8) is 0 Å². The number of benzene rings is 1. The van der Waals surface area contributed by atoms with Crippen LogP contribution in [0.25, 0.3) is 0 Å². The second-order valence-electron chi connectivity index (χ2n) is 5.01. The number of alkyl halides is 3. The van der Waals surface area contributed by atoms with E-state index < -0.39 is 11.9 Å². The topological polar surface area (TPSA) is 49.8 Å². The molecule has 2 rings (SSSR count). The van der Waals surface area contributed by atoms with Gasteiger partial charge in [-0.25, -0.2) is 4.98 Å². The van der Waals surface area contributed by atoms with E-state index in [-0.39, 0.29) is 17.8 Å². The molecule has 124 valence electrons. The molecular weight excluding hydrogens is 444 g/mol. The summed E-state index contributed by atoms with van der Waals surface area (Å²) in [7, 11) is 0. The monoisotopic (exact) mass is 456 g/mol. The average Bonchev–Trinajstić information content (AvgIpc) is 2.40. The first-order valence-electron chi connectivity index (χ1n) is 6.60. The number of halogens is 5. The van der Waals surface area contributed by atoms with Crippen LogP contribution in [0.5, 0.6) is 0 Å². The standard InChI is InChI=1S/C14H13ClF3IN4/c1-7(2)20-13-22-11(14(16,17)18)6-12(23-13)21-10-4-3-8(19)5-9(10)15/h3-7H,1-2H3,(H2,20,21,22,23). The Morgan fingerprint density at radius 3 is 2.43 bits per heavy atom. The zero-order chi connectivity index (χ0) is 17.2. The first kappa shape index (κ1) is 18.1. The molecule has 0 saturated carbocycles. The van der Waals surface area contributed by atoms with Crippen LogP contribution >= 0.6 is 34.2 Å². The zero-order valence-electron chi connectivity index (χ0n) is 12.2. The van der Waals surface area contributed by atoms with Gasteiger partial charge in [0, 0.05) is 15.7 Å². The summed E-state index contributed by atoms with van der Waals surface area (Å²) in [6.07, 6.45) is -4.57. The lowest BCUT2D eigenvalue weighted by atomic mass is 10.3. The summed E-state index contributed by atoms with van der Waals surface area (Å²) < 4.78 is 39.9. The summed E-state index contributed by atoms with van der Waals surface area (Å²) in [5, 5.41) is 5.96. The van der Waals surface area contributed by atoms with Crippen LogP contribution in [0.3, 0.4) is 0 Å². The number of rotatable bonds is 4. The van der Waals surface area contributed by atoms with Crippen LogP contribution in [0.2, 0.25) is 5.02 Å². The van der Waals surface area contributed by atoms with Crippen molar-refractivity contribution >= 4 is 51.6 Å². The number of hydrogen-bond acceptors (Lipinski definition) is 4. The Kier molecular flexibility index (Phi) is 5.56. The largest absolute Gasteiger partial charge is 0.433 e. The van der Waals surface area contributed by atoms with Crippen LogP contribution in [0.4, 0.5) is 30.6 Å². The lowest BCUT2D eigenvalue weighted by Crippen LogP contribution is -2.17. The molecule has 9 heteroatoms. The zero-order valence-corrected chi connectivity index (χ0v) is 15.1. The highest BCUT2D eigenvalue weighted by Gasteiger charge is 2.33. The maximum Gasteiger partial charge on any atom is 0.433 e. The molecule has 0 aliphatic carbocycles. The van der Waals surface area contributed by atoms with Crippen molar-refractivity contribution in [3.05, 3.63) is 38.6 Å². The van der Waals surface area contributed by atoms with E-state index in [2.05, 4.69) is 43.2 Å². The number of nitrogens with zero attached hydrogens (tertiary/aromatic N) is 2. The van der Waals surface area contributed by atoms with Gasteiger partial charge in [-0.05, 0) is 54.6 Å². The summed E-state index contributed by atoms with van der Waals surface area (Å²) >= 11 is 8.18. The molecular formula is C14H13ClF3IN4. The van der Waals surface area contributed by atoms with Crippen LogP contribution < -0.4 is 10.6 Å². The maximum absolute atomic E-state index is 13.0.